The Kier molecular flexibility index (Phi) is 6.29. The highest BCUT2D eigenvalue weighted by Crippen LogP contribution is 2.33. The maximum absolute atomic E-state index is 12.5. The summed E-state index contributed by atoms with van der Waals surface area (Å²) in [5.74, 6) is 0.772. The van der Waals surface area contributed by atoms with Crippen molar-refractivity contribution in [3.8, 4) is 0 Å². The number of hydrogen-bond acceptors (Lipinski definition) is 6. The summed E-state index contributed by atoms with van der Waals surface area (Å²) in [6.45, 7) is 12.5. The zero-order chi connectivity index (χ0) is 16.8. The van der Waals surface area contributed by atoms with Gasteiger partial charge in [-0.25, -0.2) is 9.97 Å². The maximum atomic E-state index is 12.5. The van der Waals surface area contributed by atoms with Gasteiger partial charge < -0.3 is 15.5 Å². The molecule has 23 heavy (non-hydrogen) atoms. The lowest BCUT2D eigenvalue weighted by Crippen LogP contribution is -2.34. The maximum Gasteiger partial charge on any atom is 0.261 e. The van der Waals surface area contributed by atoms with Crippen molar-refractivity contribution in [1.29, 1.82) is 0 Å². The first-order valence-corrected chi connectivity index (χ1v) is 8.92. The van der Waals surface area contributed by atoms with Gasteiger partial charge in [0.15, 0.2) is 0 Å². The van der Waals surface area contributed by atoms with Crippen LogP contribution in [0.25, 0.3) is 10.2 Å². The van der Waals surface area contributed by atoms with Gasteiger partial charge in [-0.05, 0) is 32.5 Å². The third-order valence-corrected chi connectivity index (χ3v) is 5.08. The minimum atomic E-state index is -0.0277. The van der Waals surface area contributed by atoms with Gasteiger partial charge in [-0.15, -0.1) is 11.3 Å². The van der Waals surface area contributed by atoms with E-state index < -0.39 is 0 Å². The lowest BCUT2D eigenvalue weighted by molar-refractivity contribution is 0.0952. The minimum Gasteiger partial charge on any atom is -0.370 e. The van der Waals surface area contributed by atoms with Crippen LogP contribution >= 0.6 is 11.3 Å². The number of aryl methyl sites for hydroxylation is 1. The Hall–Kier alpha value is -1.73. The number of likely N-dealkylation sites (N-methyl/N-ethyl adjacent to an activating group) is 1. The number of hydrogen-bond donors (Lipinski definition) is 2. The highest BCUT2D eigenvalue weighted by atomic mass is 32.1. The first-order valence-electron chi connectivity index (χ1n) is 8.10. The highest BCUT2D eigenvalue weighted by Gasteiger charge is 2.18. The van der Waals surface area contributed by atoms with Crippen LogP contribution < -0.4 is 10.6 Å². The molecule has 1 amide bonds. The topological polar surface area (TPSA) is 70.1 Å². The molecule has 0 fully saturated rings. The summed E-state index contributed by atoms with van der Waals surface area (Å²) in [4.78, 5) is 24.9. The molecule has 0 aromatic carbocycles. The number of carbonyl (C=O) groups is 1. The number of nitrogens with one attached hydrogen (secondary N) is 2. The number of amides is 1. The number of nitrogens with zero attached hydrogens (tertiary/aromatic N) is 3. The summed E-state index contributed by atoms with van der Waals surface area (Å²) in [6.07, 6.45) is 1.54. The molecule has 0 aliphatic rings. The molecule has 2 heterocycles. The lowest BCUT2D eigenvalue weighted by atomic mass is 10.2. The number of fused-ring (bicyclic) bond motifs is 1. The van der Waals surface area contributed by atoms with E-state index in [1.165, 1.54) is 11.3 Å². The average molecular weight is 335 g/mol. The molecule has 0 spiro atoms. The highest BCUT2D eigenvalue weighted by molar-refractivity contribution is 7.20. The molecule has 2 N–H and O–H groups in total. The second-order valence-corrected chi connectivity index (χ2v) is 6.27. The third kappa shape index (κ3) is 3.97. The van der Waals surface area contributed by atoms with Crippen LogP contribution in [0.5, 0.6) is 0 Å². The van der Waals surface area contributed by atoms with Crippen molar-refractivity contribution in [2.24, 2.45) is 0 Å². The van der Waals surface area contributed by atoms with Crippen molar-refractivity contribution in [2.45, 2.75) is 27.7 Å². The van der Waals surface area contributed by atoms with Crippen LogP contribution in [0.1, 0.15) is 36.0 Å². The zero-order valence-corrected chi connectivity index (χ0v) is 15.1. The Bertz CT molecular complexity index is 666. The van der Waals surface area contributed by atoms with Crippen LogP contribution in [-0.2, 0) is 0 Å². The molecule has 6 nitrogen and oxygen atoms in total. The largest absolute Gasteiger partial charge is 0.370 e. The molecule has 0 radical (unpaired) electrons. The SMILES string of the molecule is CCNc1ncnc2sc(C(=O)NCCN(CC)CC)c(C)c12. The van der Waals surface area contributed by atoms with E-state index in [1.807, 2.05) is 13.8 Å². The summed E-state index contributed by atoms with van der Waals surface area (Å²) >= 11 is 1.43. The summed E-state index contributed by atoms with van der Waals surface area (Å²) in [6, 6.07) is 0. The van der Waals surface area contributed by atoms with E-state index >= 15 is 0 Å². The molecule has 0 saturated carbocycles. The minimum absolute atomic E-state index is 0.0277. The van der Waals surface area contributed by atoms with E-state index in [2.05, 4.69) is 39.3 Å². The normalized spacial score (nSPS) is 11.2. The van der Waals surface area contributed by atoms with Crippen LogP contribution in [0.4, 0.5) is 5.82 Å². The van der Waals surface area contributed by atoms with Crippen LogP contribution in [0.3, 0.4) is 0 Å². The molecular weight excluding hydrogens is 310 g/mol. The predicted molar refractivity (Wildman–Crippen MR) is 96.4 cm³/mol. The van der Waals surface area contributed by atoms with Crippen molar-refractivity contribution in [1.82, 2.24) is 20.2 Å². The monoisotopic (exact) mass is 335 g/mol. The number of thiophene rings is 1. The van der Waals surface area contributed by atoms with Gasteiger partial charge in [0.25, 0.3) is 5.91 Å². The van der Waals surface area contributed by atoms with Gasteiger partial charge in [0.1, 0.15) is 17.0 Å². The van der Waals surface area contributed by atoms with Crippen molar-refractivity contribution in [3.05, 3.63) is 16.8 Å². The molecule has 2 aromatic heterocycles. The number of anilines is 1. The standard InChI is InChI=1S/C16H25N5OS/c1-5-17-14-12-11(4)13(23-16(12)20-10-19-14)15(22)18-8-9-21(6-2)7-3/h10H,5-9H2,1-4H3,(H,18,22)(H,17,19,20). The second kappa shape index (κ2) is 8.21. The van der Waals surface area contributed by atoms with Crippen LogP contribution in [-0.4, -0.2) is 53.5 Å². The van der Waals surface area contributed by atoms with Gasteiger partial charge in [0, 0.05) is 19.6 Å². The number of rotatable bonds is 8. The summed E-state index contributed by atoms with van der Waals surface area (Å²) in [7, 11) is 0. The van der Waals surface area contributed by atoms with Crippen molar-refractivity contribution in [3.63, 3.8) is 0 Å². The lowest BCUT2D eigenvalue weighted by Gasteiger charge is -2.17. The average Bonchev–Trinajstić information content (AvgIpc) is 2.90. The quantitative estimate of drug-likeness (QED) is 0.776. The second-order valence-electron chi connectivity index (χ2n) is 5.27. The van der Waals surface area contributed by atoms with Gasteiger partial charge in [-0.2, -0.15) is 0 Å². The summed E-state index contributed by atoms with van der Waals surface area (Å²) < 4.78 is 0. The van der Waals surface area contributed by atoms with Crippen molar-refractivity contribution in [2.75, 3.05) is 38.0 Å². The molecule has 0 atom stereocenters. The molecule has 0 unspecified atom stereocenters. The molecular formula is C16H25N5OS. The third-order valence-electron chi connectivity index (χ3n) is 3.89. The fourth-order valence-electron chi connectivity index (χ4n) is 2.54. The molecule has 0 aliphatic carbocycles. The van der Waals surface area contributed by atoms with Gasteiger partial charge in [0.05, 0.1) is 10.3 Å². The van der Waals surface area contributed by atoms with E-state index in [4.69, 9.17) is 0 Å². The Morgan fingerprint density at radius 2 is 2.00 bits per heavy atom. The Balaban J connectivity index is 2.15. The van der Waals surface area contributed by atoms with E-state index in [1.54, 1.807) is 6.33 Å². The van der Waals surface area contributed by atoms with Gasteiger partial charge >= 0.3 is 0 Å². The van der Waals surface area contributed by atoms with E-state index in [0.717, 1.165) is 52.7 Å². The smallest absolute Gasteiger partial charge is 0.261 e. The van der Waals surface area contributed by atoms with E-state index in [9.17, 15) is 4.79 Å². The molecule has 0 saturated heterocycles. The molecule has 126 valence electrons. The fraction of sp³-hybridized carbons (Fsp3) is 0.562. The molecule has 0 bridgehead atoms. The van der Waals surface area contributed by atoms with E-state index in [0.29, 0.717) is 6.54 Å². The van der Waals surface area contributed by atoms with Gasteiger partial charge in [0.2, 0.25) is 0 Å². The van der Waals surface area contributed by atoms with Crippen LogP contribution in [0, 0.1) is 6.92 Å². The van der Waals surface area contributed by atoms with Gasteiger partial charge in [-0.3, -0.25) is 4.79 Å². The van der Waals surface area contributed by atoms with E-state index in [-0.39, 0.29) is 5.91 Å². The summed E-state index contributed by atoms with van der Waals surface area (Å²) in [5.41, 5.74) is 0.946. The van der Waals surface area contributed by atoms with Crippen molar-refractivity contribution >= 4 is 33.3 Å². The Morgan fingerprint density at radius 3 is 2.65 bits per heavy atom. The number of aromatic nitrogens is 2. The van der Waals surface area contributed by atoms with Gasteiger partial charge in [-0.1, -0.05) is 13.8 Å². The first kappa shape index (κ1) is 17.6. The number of carbonyl (C=O) groups excluding carboxylic acids is 1. The predicted octanol–water partition coefficient (Wildman–Crippen LogP) is 2.50. The molecule has 7 heteroatoms. The molecule has 2 rings (SSSR count). The first-order chi connectivity index (χ1) is 11.1. The van der Waals surface area contributed by atoms with Crippen molar-refractivity contribution < 1.29 is 4.79 Å². The Labute approximate surface area is 141 Å². The van der Waals surface area contributed by atoms with Crippen LogP contribution in [0.15, 0.2) is 6.33 Å². The van der Waals surface area contributed by atoms with Crippen LogP contribution in [0.2, 0.25) is 0 Å². The zero-order valence-electron chi connectivity index (χ0n) is 14.3. The molecule has 2 aromatic rings. The summed E-state index contributed by atoms with van der Waals surface area (Å²) in [5, 5.41) is 7.20. The fourth-order valence-corrected chi connectivity index (χ4v) is 3.60. The molecule has 0 aliphatic heterocycles. The Morgan fingerprint density at radius 1 is 1.26 bits per heavy atom.